The standard InChI is InChI=1S/C16H24N2O3/c1-16(2)6-4-5-13(10-16)17-11-12-7-14(18(19)20)9-15(8-12)21-3/h7-9,13,17H,4-6,10-11H2,1-3H3. The van der Waals surface area contributed by atoms with Crippen molar-refractivity contribution in [3.05, 3.63) is 33.9 Å². The summed E-state index contributed by atoms with van der Waals surface area (Å²) in [6.45, 7) is 5.24. The van der Waals surface area contributed by atoms with Gasteiger partial charge in [0.05, 0.1) is 18.1 Å². The first-order valence-corrected chi connectivity index (χ1v) is 7.45. The number of rotatable bonds is 5. The number of ether oxygens (including phenoxy) is 1. The second kappa shape index (κ2) is 6.43. The van der Waals surface area contributed by atoms with Gasteiger partial charge in [0.15, 0.2) is 0 Å². The van der Waals surface area contributed by atoms with Crippen molar-refractivity contribution in [1.29, 1.82) is 0 Å². The Hall–Kier alpha value is -1.62. The fourth-order valence-corrected chi connectivity index (χ4v) is 3.10. The molecule has 21 heavy (non-hydrogen) atoms. The molecule has 1 N–H and O–H groups in total. The van der Waals surface area contributed by atoms with E-state index in [-0.39, 0.29) is 10.6 Å². The van der Waals surface area contributed by atoms with Crippen LogP contribution in [-0.4, -0.2) is 18.1 Å². The van der Waals surface area contributed by atoms with Gasteiger partial charge in [0, 0.05) is 18.7 Å². The van der Waals surface area contributed by atoms with Crippen LogP contribution in [0.15, 0.2) is 18.2 Å². The van der Waals surface area contributed by atoms with Crippen molar-refractivity contribution in [2.24, 2.45) is 5.41 Å². The van der Waals surface area contributed by atoms with Crippen molar-refractivity contribution in [3.8, 4) is 5.75 Å². The highest BCUT2D eigenvalue weighted by Gasteiger charge is 2.27. The van der Waals surface area contributed by atoms with Crippen molar-refractivity contribution >= 4 is 5.69 Å². The minimum atomic E-state index is -0.379. The topological polar surface area (TPSA) is 64.4 Å². The number of hydrogen-bond acceptors (Lipinski definition) is 4. The molecule has 1 saturated carbocycles. The van der Waals surface area contributed by atoms with Crippen LogP contribution >= 0.6 is 0 Å². The zero-order valence-electron chi connectivity index (χ0n) is 13.0. The Morgan fingerprint density at radius 1 is 1.43 bits per heavy atom. The maximum Gasteiger partial charge on any atom is 0.273 e. The Kier molecular flexibility index (Phi) is 4.83. The third-order valence-corrected chi connectivity index (χ3v) is 4.20. The molecular formula is C16H24N2O3. The molecule has 0 aromatic heterocycles. The molecule has 0 bridgehead atoms. The van der Waals surface area contributed by atoms with E-state index in [1.165, 1.54) is 32.4 Å². The van der Waals surface area contributed by atoms with Crippen molar-refractivity contribution in [2.75, 3.05) is 7.11 Å². The van der Waals surface area contributed by atoms with Gasteiger partial charge in [-0.25, -0.2) is 0 Å². The molecule has 1 aliphatic rings. The Balaban J connectivity index is 2.02. The van der Waals surface area contributed by atoms with Crippen molar-refractivity contribution in [1.82, 2.24) is 5.32 Å². The average Bonchev–Trinajstić information content (AvgIpc) is 2.43. The Morgan fingerprint density at radius 2 is 2.19 bits per heavy atom. The molecule has 1 aliphatic carbocycles. The van der Waals surface area contributed by atoms with Crippen LogP contribution in [0.4, 0.5) is 5.69 Å². The summed E-state index contributed by atoms with van der Waals surface area (Å²) in [5, 5.41) is 14.5. The molecule has 2 rings (SSSR count). The molecule has 1 aromatic carbocycles. The molecule has 0 spiro atoms. The molecule has 0 radical (unpaired) electrons. The van der Waals surface area contributed by atoms with Crippen LogP contribution in [0.1, 0.15) is 45.1 Å². The van der Waals surface area contributed by atoms with Gasteiger partial charge in [-0.2, -0.15) is 0 Å². The molecule has 1 unspecified atom stereocenters. The van der Waals surface area contributed by atoms with Crippen LogP contribution in [0.2, 0.25) is 0 Å². The fraction of sp³-hybridized carbons (Fsp3) is 0.625. The molecule has 0 heterocycles. The van der Waals surface area contributed by atoms with Gasteiger partial charge in [0.25, 0.3) is 5.69 Å². The lowest BCUT2D eigenvalue weighted by molar-refractivity contribution is -0.385. The molecule has 1 fully saturated rings. The number of nitrogens with zero attached hydrogens (tertiary/aromatic N) is 1. The molecular weight excluding hydrogens is 268 g/mol. The van der Waals surface area contributed by atoms with E-state index >= 15 is 0 Å². The summed E-state index contributed by atoms with van der Waals surface area (Å²) in [7, 11) is 1.53. The summed E-state index contributed by atoms with van der Waals surface area (Å²) >= 11 is 0. The Bertz CT molecular complexity index is 514. The Morgan fingerprint density at radius 3 is 2.81 bits per heavy atom. The van der Waals surface area contributed by atoms with Gasteiger partial charge >= 0.3 is 0 Å². The minimum Gasteiger partial charge on any atom is -0.496 e. The van der Waals surface area contributed by atoms with Gasteiger partial charge in [0.2, 0.25) is 0 Å². The first-order chi connectivity index (χ1) is 9.89. The largest absolute Gasteiger partial charge is 0.496 e. The van der Waals surface area contributed by atoms with Gasteiger partial charge in [0.1, 0.15) is 5.75 Å². The molecule has 5 nitrogen and oxygen atoms in total. The summed E-state index contributed by atoms with van der Waals surface area (Å²) in [6, 6.07) is 5.41. The minimum absolute atomic E-state index is 0.0788. The van der Waals surface area contributed by atoms with Crippen molar-refractivity contribution in [3.63, 3.8) is 0 Å². The van der Waals surface area contributed by atoms with Gasteiger partial charge < -0.3 is 10.1 Å². The van der Waals surface area contributed by atoms with Crippen LogP contribution in [0, 0.1) is 15.5 Å². The summed E-state index contributed by atoms with van der Waals surface area (Å²) < 4.78 is 5.14. The van der Waals surface area contributed by atoms with E-state index in [1.54, 1.807) is 6.07 Å². The first kappa shape index (κ1) is 15.8. The SMILES string of the molecule is COc1cc(CNC2CCCC(C)(C)C2)cc([N+](=O)[O-])c1. The first-order valence-electron chi connectivity index (χ1n) is 7.45. The summed E-state index contributed by atoms with van der Waals surface area (Å²) in [6.07, 6.45) is 4.84. The fourth-order valence-electron chi connectivity index (χ4n) is 3.10. The molecule has 5 heteroatoms. The van der Waals surface area contributed by atoms with E-state index in [9.17, 15) is 10.1 Å². The maximum absolute atomic E-state index is 10.9. The van der Waals surface area contributed by atoms with E-state index in [4.69, 9.17) is 4.74 Å². The van der Waals surface area contributed by atoms with Gasteiger partial charge in [-0.1, -0.05) is 20.3 Å². The van der Waals surface area contributed by atoms with E-state index in [1.807, 2.05) is 6.07 Å². The third kappa shape index (κ3) is 4.43. The molecule has 1 atom stereocenters. The second-order valence-corrected chi connectivity index (χ2v) is 6.63. The highest BCUT2D eigenvalue weighted by atomic mass is 16.6. The summed E-state index contributed by atoms with van der Waals surface area (Å²) in [5.74, 6) is 0.532. The van der Waals surface area contributed by atoms with E-state index in [0.717, 1.165) is 12.0 Å². The monoisotopic (exact) mass is 292 g/mol. The normalized spacial score (nSPS) is 21.0. The van der Waals surface area contributed by atoms with Crippen molar-refractivity contribution in [2.45, 2.75) is 52.1 Å². The molecule has 116 valence electrons. The predicted octanol–water partition coefficient (Wildman–Crippen LogP) is 3.66. The highest BCUT2D eigenvalue weighted by Crippen LogP contribution is 2.35. The summed E-state index contributed by atoms with van der Waals surface area (Å²) in [4.78, 5) is 10.6. The average molecular weight is 292 g/mol. The lowest BCUT2D eigenvalue weighted by atomic mass is 9.75. The number of nitro benzene ring substituents is 1. The summed E-state index contributed by atoms with van der Waals surface area (Å²) in [5.41, 5.74) is 1.36. The Labute approximate surface area is 125 Å². The lowest BCUT2D eigenvalue weighted by Crippen LogP contribution is -2.36. The predicted molar refractivity (Wildman–Crippen MR) is 82.5 cm³/mol. The number of hydrogen-bond donors (Lipinski definition) is 1. The van der Waals surface area contributed by atoms with E-state index in [0.29, 0.717) is 23.8 Å². The van der Waals surface area contributed by atoms with Crippen LogP contribution < -0.4 is 10.1 Å². The van der Waals surface area contributed by atoms with E-state index < -0.39 is 0 Å². The zero-order valence-corrected chi connectivity index (χ0v) is 13.0. The number of nitrogens with one attached hydrogen (secondary N) is 1. The number of nitro groups is 1. The smallest absolute Gasteiger partial charge is 0.273 e. The van der Waals surface area contributed by atoms with Crippen molar-refractivity contribution < 1.29 is 9.66 Å². The quantitative estimate of drug-likeness (QED) is 0.664. The second-order valence-electron chi connectivity index (χ2n) is 6.63. The number of benzene rings is 1. The van der Waals surface area contributed by atoms with Crippen LogP contribution in [0.3, 0.4) is 0 Å². The van der Waals surface area contributed by atoms with Gasteiger partial charge in [-0.3, -0.25) is 10.1 Å². The maximum atomic E-state index is 10.9. The molecule has 0 saturated heterocycles. The van der Waals surface area contributed by atoms with Crippen LogP contribution in [0.5, 0.6) is 5.75 Å². The zero-order chi connectivity index (χ0) is 15.5. The van der Waals surface area contributed by atoms with Gasteiger partial charge in [-0.05, 0) is 36.3 Å². The molecule has 1 aromatic rings. The molecule has 0 amide bonds. The number of non-ortho nitro benzene ring substituents is 1. The van der Waals surface area contributed by atoms with Crippen LogP contribution in [0.25, 0.3) is 0 Å². The van der Waals surface area contributed by atoms with E-state index in [2.05, 4.69) is 19.2 Å². The lowest BCUT2D eigenvalue weighted by Gasteiger charge is -2.35. The van der Waals surface area contributed by atoms with Crippen LogP contribution in [-0.2, 0) is 6.54 Å². The van der Waals surface area contributed by atoms with Gasteiger partial charge in [-0.15, -0.1) is 0 Å². The molecule has 0 aliphatic heterocycles. The third-order valence-electron chi connectivity index (χ3n) is 4.20. The number of methoxy groups -OCH3 is 1. The highest BCUT2D eigenvalue weighted by molar-refractivity contribution is 5.42.